The molecule has 0 atom stereocenters. The molecule has 3 rings (SSSR count). The molecule has 0 aromatic heterocycles. The van der Waals surface area contributed by atoms with E-state index < -0.39 is 5.97 Å². The number of aliphatic imine (C=N–C) groups is 1. The molecule has 1 heterocycles. The van der Waals surface area contributed by atoms with Crippen molar-refractivity contribution in [2.75, 3.05) is 6.61 Å². The van der Waals surface area contributed by atoms with Gasteiger partial charge in [-0.25, -0.2) is 9.79 Å². The van der Waals surface area contributed by atoms with E-state index >= 15 is 0 Å². The average molecular weight is 394 g/mol. The van der Waals surface area contributed by atoms with Crippen LogP contribution in [-0.2, 0) is 15.3 Å². The molecular weight excluding hydrogens is 381 g/mol. The average Bonchev–Trinajstić information content (AvgIpc) is 2.94. The zero-order valence-corrected chi connectivity index (χ0v) is 15.2. The van der Waals surface area contributed by atoms with Gasteiger partial charge in [0.1, 0.15) is 23.0 Å². The van der Waals surface area contributed by atoms with E-state index in [2.05, 4.69) is 4.99 Å². The number of benzene rings is 2. The first-order valence-electron chi connectivity index (χ1n) is 7.34. The fraction of sp³-hybridized carbons (Fsp3) is 0.111. The van der Waals surface area contributed by atoms with Gasteiger partial charge in [0.2, 0.25) is 0 Å². The third-order valence-corrected chi connectivity index (χ3v) is 5.18. The van der Waals surface area contributed by atoms with Crippen LogP contribution in [0.4, 0.5) is 5.69 Å². The van der Waals surface area contributed by atoms with Gasteiger partial charge in [-0.2, -0.15) is 0 Å². The Balaban J connectivity index is 1.89. The minimum atomic E-state index is -0.575. The van der Waals surface area contributed by atoms with E-state index in [1.807, 2.05) is 36.4 Å². The minimum absolute atomic E-state index is 0.105. The molecule has 0 bridgehead atoms. The molecule has 1 N–H and O–H groups in total. The number of carbonyl (C=O) groups excluding carboxylic acids is 1. The van der Waals surface area contributed by atoms with Crippen LogP contribution in [0.5, 0.6) is 0 Å². The number of esters is 1. The summed E-state index contributed by atoms with van der Waals surface area (Å²) >= 11 is 13.3. The maximum atomic E-state index is 12.0. The monoisotopic (exact) mass is 393 g/mol. The summed E-state index contributed by atoms with van der Waals surface area (Å²) in [5, 5.41) is 11.3. The molecule has 1 aliphatic rings. The van der Waals surface area contributed by atoms with Crippen molar-refractivity contribution in [1.82, 2.24) is 0 Å². The first-order valence-corrected chi connectivity index (χ1v) is 9.09. The highest BCUT2D eigenvalue weighted by Gasteiger charge is 2.29. The van der Waals surface area contributed by atoms with Gasteiger partial charge in [0.15, 0.2) is 0 Å². The van der Waals surface area contributed by atoms with Gasteiger partial charge in [0, 0.05) is 5.75 Å². The second-order valence-corrected chi connectivity index (χ2v) is 6.97. The van der Waals surface area contributed by atoms with Crippen LogP contribution >= 0.6 is 35.0 Å². The fourth-order valence-electron chi connectivity index (χ4n) is 2.17. The number of carbonyl (C=O) groups is 1. The highest BCUT2D eigenvalue weighted by molar-refractivity contribution is 8.13. The van der Waals surface area contributed by atoms with Crippen molar-refractivity contribution >= 4 is 51.7 Å². The Morgan fingerprint density at radius 2 is 1.92 bits per heavy atom. The SMILES string of the molecule is O=C1OCC(O)=C1C(=Nc1ccccc1)SCc1ccc(Cl)c(Cl)c1. The third kappa shape index (κ3) is 4.37. The van der Waals surface area contributed by atoms with Crippen molar-refractivity contribution in [3.63, 3.8) is 0 Å². The van der Waals surface area contributed by atoms with Gasteiger partial charge in [0.25, 0.3) is 0 Å². The Kier molecular flexibility index (Phi) is 5.68. The Bertz CT molecular complexity index is 866. The number of thioether (sulfide) groups is 1. The Morgan fingerprint density at radius 3 is 2.56 bits per heavy atom. The van der Waals surface area contributed by atoms with Crippen LogP contribution in [-0.4, -0.2) is 22.7 Å². The number of aliphatic hydroxyl groups excluding tert-OH is 1. The predicted octanol–water partition coefficient (Wildman–Crippen LogP) is 5.33. The smallest absolute Gasteiger partial charge is 0.344 e. The van der Waals surface area contributed by atoms with Gasteiger partial charge in [-0.1, -0.05) is 47.5 Å². The largest absolute Gasteiger partial charge is 0.508 e. The Hall–Kier alpha value is -1.95. The topological polar surface area (TPSA) is 58.9 Å². The molecular formula is C18H13Cl2NO3S. The number of ether oxygens (including phenoxy) is 1. The number of hydrogen-bond acceptors (Lipinski definition) is 5. The van der Waals surface area contributed by atoms with Crippen LogP contribution in [0.2, 0.25) is 10.0 Å². The number of nitrogens with zero attached hydrogens (tertiary/aromatic N) is 1. The van der Waals surface area contributed by atoms with Crippen molar-refractivity contribution in [1.29, 1.82) is 0 Å². The Labute approximate surface area is 159 Å². The molecule has 0 saturated carbocycles. The molecule has 2 aromatic carbocycles. The molecule has 128 valence electrons. The third-order valence-electron chi connectivity index (χ3n) is 3.39. The number of rotatable bonds is 4. The first-order chi connectivity index (χ1) is 12.0. The predicted molar refractivity (Wildman–Crippen MR) is 102 cm³/mol. The highest BCUT2D eigenvalue weighted by atomic mass is 35.5. The molecule has 25 heavy (non-hydrogen) atoms. The van der Waals surface area contributed by atoms with E-state index in [1.54, 1.807) is 12.1 Å². The second kappa shape index (κ2) is 7.95. The van der Waals surface area contributed by atoms with Gasteiger partial charge in [-0.05, 0) is 29.8 Å². The highest BCUT2D eigenvalue weighted by Crippen LogP contribution is 2.29. The van der Waals surface area contributed by atoms with Crippen LogP contribution in [0.3, 0.4) is 0 Å². The van der Waals surface area contributed by atoms with Crippen LogP contribution in [0.25, 0.3) is 0 Å². The van der Waals surface area contributed by atoms with E-state index in [9.17, 15) is 9.90 Å². The van der Waals surface area contributed by atoms with Crippen LogP contribution < -0.4 is 0 Å². The van der Waals surface area contributed by atoms with Crippen molar-refractivity contribution in [3.8, 4) is 0 Å². The lowest BCUT2D eigenvalue weighted by atomic mass is 10.2. The summed E-state index contributed by atoms with van der Waals surface area (Å²) in [5.41, 5.74) is 1.71. The summed E-state index contributed by atoms with van der Waals surface area (Å²) in [4.78, 5) is 16.5. The lowest BCUT2D eigenvalue weighted by Crippen LogP contribution is -2.08. The number of aliphatic hydroxyl groups is 1. The molecule has 0 spiro atoms. The van der Waals surface area contributed by atoms with Gasteiger partial charge in [-0.3, -0.25) is 0 Å². The molecule has 0 unspecified atom stereocenters. The standard InChI is InChI=1S/C18H13Cl2NO3S/c19-13-7-6-11(8-14(13)20)10-25-17(16-15(22)9-24-18(16)23)21-12-4-2-1-3-5-12/h1-8,22H,9-10H2. The lowest BCUT2D eigenvalue weighted by Gasteiger charge is -2.07. The second-order valence-electron chi connectivity index (χ2n) is 5.19. The van der Waals surface area contributed by atoms with Crippen LogP contribution in [0.1, 0.15) is 5.56 Å². The maximum Gasteiger partial charge on any atom is 0.344 e. The number of hydrogen-bond donors (Lipinski definition) is 1. The van der Waals surface area contributed by atoms with E-state index in [4.69, 9.17) is 27.9 Å². The maximum absolute atomic E-state index is 12.0. The first kappa shape index (κ1) is 17.9. The molecule has 7 heteroatoms. The van der Waals surface area contributed by atoms with Gasteiger partial charge >= 0.3 is 5.97 Å². The van der Waals surface area contributed by atoms with Gasteiger partial charge in [-0.15, -0.1) is 11.8 Å². The van der Waals surface area contributed by atoms with Gasteiger partial charge in [0.05, 0.1) is 15.7 Å². The normalized spacial score (nSPS) is 14.8. The molecule has 2 aromatic rings. The van der Waals surface area contributed by atoms with Crippen molar-refractivity contribution in [2.45, 2.75) is 5.75 Å². The molecule has 0 radical (unpaired) electrons. The van der Waals surface area contributed by atoms with E-state index in [1.165, 1.54) is 11.8 Å². The Morgan fingerprint density at radius 1 is 1.16 bits per heavy atom. The number of cyclic esters (lactones) is 1. The summed E-state index contributed by atoms with van der Waals surface area (Å²) in [6.07, 6.45) is 0. The summed E-state index contributed by atoms with van der Waals surface area (Å²) in [7, 11) is 0. The van der Waals surface area contributed by atoms with Crippen molar-refractivity contribution < 1.29 is 14.6 Å². The van der Waals surface area contributed by atoms with Crippen molar-refractivity contribution in [2.24, 2.45) is 4.99 Å². The molecule has 0 fully saturated rings. The van der Waals surface area contributed by atoms with Crippen LogP contribution in [0, 0.1) is 0 Å². The molecule has 1 aliphatic heterocycles. The summed E-state index contributed by atoms with van der Waals surface area (Å²) < 4.78 is 4.89. The number of para-hydroxylation sites is 1. The lowest BCUT2D eigenvalue weighted by molar-refractivity contribution is -0.135. The van der Waals surface area contributed by atoms with Crippen molar-refractivity contribution in [3.05, 3.63) is 75.5 Å². The zero-order valence-electron chi connectivity index (χ0n) is 12.9. The molecule has 0 aliphatic carbocycles. The quantitative estimate of drug-likeness (QED) is 0.433. The summed E-state index contributed by atoms with van der Waals surface area (Å²) in [6.45, 7) is -0.130. The van der Waals surface area contributed by atoms with Gasteiger partial charge < -0.3 is 9.84 Å². The molecule has 0 saturated heterocycles. The summed E-state index contributed by atoms with van der Waals surface area (Å²) in [6, 6.07) is 14.5. The zero-order chi connectivity index (χ0) is 17.8. The minimum Gasteiger partial charge on any atom is -0.508 e. The van der Waals surface area contributed by atoms with E-state index in [0.29, 0.717) is 26.5 Å². The fourth-order valence-corrected chi connectivity index (χ4v) is 3.49. The van der Waals surface area contributed by atoms with E-state index in [0.717, 1.165) is 5.56 Å². The number of halogens is 2. The molecule has 4 nitrogen and oxygen atoms in total. The van der Waals surface area contributed by atoms with E-state index in [-0.39, 0.29) is 17.9 Å². The summed E-state index contributed by atoms with van der Waals surface area (Å²) in [5.74, 6) is -0.178. The van der Waals surface area contributed by atoms with Crippen LogP contribution in [0.15, 0.2) is 64.9 Å². The molecule has 0 amide bonds.